The van der Waals surface area contributed by atoms with Crippen LogP contribution in [0.3, 0.4) is 0 Å². The first-order valence-corrected chi connectivity index (χ1v) is 13.1. The molecule has 0 aliphatic carbocycles. The van der Waals surface area contributed by atoms with Gasteiger partial charge in [-0.3, -0.25) is 14.6 Å². The van der Waals surface area contributed by atoms with Crippen LogP contribution < -0.4 is 15.0 Å². The predicted octanol–water partition coefficient (Wildman–Crippen LogP) is 2.68. The Bertz CT molecular complexity index is 1540. The number of nitrogens with one attached hydrogen (secondary N) is 1. The van der Waals surface area contributed by atoms with Crippen LogP contribution in [0.4, 0.5) is 5.82 Å². The van der Waals surface area contributed by atoms with Crippen LogP contribution in [-0.2, 0) is 9.59 Å². The SMILES string of the molecule is CC(C)(O)COc1cc(-c2ccc(N3CCC(C)(NC(=O)C4C=NC=CC4=O)CC3)nc2)c2c(C#N)cnn2c1. The van der Waals surface area contributed by atoms with E-state index < -0.39 is 17.1 Å². The third kappa shape index (κ3) is 5.72. The number of amides is 1. The maximum absolute atomic E-state index is 12.7. The number of carbonyl (C=O) groups excluding carboxylic acids is 2. The molecule has 11 heteroatoms. The number of aliphatic imine (C=N–C) groups is 1. The van der Waals surface area contributed by atoms with E-state index in [0.717, 1.165) is 16.9 Å². The fraction of sp³-hybridized carbons (Fsp3) is 0.379. The summed E-state index contributed by atoms with van der Waals surface area (Å²) >= 11 is 0. The second kappa shape index (κ2) is 10.5. The minimum atomic E-state index is -1.01. The van der Waals surface area contributed by atoms with Crippen LogP contribution in [0.25, 0.3) is 16.6 Å². The van der Waals surface area contributed by atoms with Gasteiger partial charge in [-0.1, -0.05) is 0 Å². The molecule has 1 unspecified atom stereocenters. The standard InChI is InChI=1S/C29H31N7O4/c1-28(2,39)18-40-21-12-22(26-20(13-30)15-33-36(26)17-21)19-4-5-25(32-14-19)35-10-7-29(3,8-11-35)34-27(38)23-16-31-9-6-24(23)37/h4-6,9,12,14-17,23,39H,7-8,10-11,18H2,1-3H3,(H,34,38). The Hall–Kier alpha value is -4.56. The van der Waals surface area contributed by atoms with Gasteiger partial charge in [0.1, 0.15) is 30.2 Å². The highest BCUT2D eigenvalue weighted by molar-refractivity contribution is 6.18. The molecule has 2 N–H and O–H groups in total. The monoisotopic (exact) mass is 541 g/mol. The van der Waals surface area contributed by atoms with Crippen LogP contribution in [0.1, 0.15) is 39.2 Å². The molecule has 11 nitrogen and oxygen atoms in total. The molecule has 0 bridgehead atoms. The van der Waals surface area contributed by atoms with Gasteiger partial charge in [-0.15, -0.1) is 0 Å². The number of carbonyl (C=O) groups is 2. The van der Waals surface area contributed by atoms with Crippen molar-refractivity contribution in [3.05, 3.63) is 54.6 Å². The Kier molecular flexibility index (Phi) is 7.12. The summed E-state index contributed by atoms with van der Waals surface area (Å²) in [7, 11) is 0. The Morgan fingerprint density at radius 3 is 2.73 bits per heavy atom. The molecule has 5 rings (SSSR count). The van der Waals surface area contributed by atoms with Gasteiger partial charge in [-0.25, -0.2) is 9.50 Å². The van der Waals surface area contributed by atoms with Gasteiger partial charge in [0.2, 0.25) is 5.91 Å². The summed E-state index contributed by atoms with van der Waals surface area (Å²) < 4.78 is 7.41. The highest BCUT2D eigenvalue weighted by Gasteiger charge is 2.35. The van der Waals surface area contributed by atoms with E-state index in [9.17, 15) is 20.0 Å². The number of anilines is 1. The summed E-state index contributed by atoms with van der Waals surface area (Å²) in [6.07, 6.45) is 10.4. The fourth-order valence-electron chi connectivity index (χ4n) is 4.83. The Balaban J connectivity index is 1.31. The topological polar surface area (TPSA) is 145 Å². The van der Waals surface area contributed by atoms with E-state index in [4.69, 9.17) is 9.72 Å². The summed E-state index contributed by atoms with van der Waals surface area (Å²) in [5, 5.41) is 27.1. The molecule has 0 aromatic carbocycles. The van der Waals surface area contributed by atoms with Gasteiger partial charge < -0.3 is 20.1 Å². The van der Waals surface area contributed by atoms with Crippen LogP contribution in [0, 0.1) is 17.2 Å². The molecule has 2 aliphatic heterocycles. The van der Waals surface area contributed by atoms with Crippen molar-refractivity contribution in [1.82, 2.24) is 19.9 Å². The summed E-state index contributed by atoms with van der Waals surface area (Å²) in [6, 6.07) is 7.90. The van der Waals surface area contributed by atoms with Crippen LogP contribution >= 0.6 is 0 Å². The van der Waals surface area contributed by atoms with Gasteiger partial charge in [-0.2, -0.15) is 10.4 Å². The van der Waals surface area contributed by atoms with Gasteiger partial charge in [0.15, 0.2) is 5.78 Å². The minimum absolute atomic E-state index is 0.0947. The molecule has 3 aromatic rings. The van der Waals surface area contributed by atoms with Gasteiger partial charge in [-0.05, 0) is 51.8 Å². The average molecular weight is 542 g/mol. The fourth-order valence-corrected chi connectivity index (χ4v) is 4.83. The van der Waals surface area contributed by atoms with E-state index in [1.54, 1.807) is 30.8 Å². The number of allylic oxidation sites excluding steroid dienone is 1. The highest BCUT2D eigenvalue weighted by atomic mass is 16.5. The quantitative estimate of drug-likeness (QED) is 0.434. The van der Waals surface area contributed by atoms with E-state index in [1.165, 1.54) is 24.7 Å². The van der Waals surface area contributed by atoms with Gasteiger partial charge in [0, 0.05) is 54.4 Å². The largest absolute Gasteiger partial charge is 0.489 e. The number of ether oxygens (including phenoxy) is 1. The van der Waals surface area contributed by atoms with Crippen LogP contribution in [0.15, 0.2) is 54.1 Å². The molecule has 1 fully saturated rings. The van der Waals surface area contributed by atoms with Crippen molar-refractivity contribution in [3.8, 4) is 22.9 Å². The number of pyridine rings is 2. The summed E-state index contributed by atoms with van der Waals surface area (Å²) in [6.45, 7) is 6.78. The molecule has 2 aliphatic rings. The third-order valence-corrected chi connectivity index (χ3v) is 7.12. The first kappa shape index (κ1) is 27.0. The summed E-state index contributed by atoms with van der Waals surface area (Å²) in [4.78, 5) is 35.5. The molecular formula is C29H31N7O4. The second-order valence-corrected chi connectivity index (χ2v) is 11.1. The van der Waals surface area contributed by atoms with E-state index >= 15 is 0 Å². The van der Waals surface area contributed by atoms with Gasteiger partial charge >= 0.3 is 0 Å². The van der Waals surface area contributed by atoms with E-state index in [0.29, 0.717) is 42.8 Å². The zero-order valence-electron chi connectivity index (χ0n) is 22.7. The molecule has 1 saturated heterocycles. The van der Waals surface area contributed by atoms with Crippen molar-refractivity contribution in [2.24, 2.45) is 10.9 Å². The Morgan fingerprint density at radius 1 is 1.30 bits per heavy atom. The lowest BCUT2D eigenvalue weighted by atomic mass is 9.88. The molecule has 1 amide bonds. The summed E-state index contributed by atoms with van der Waals surface area (Å²) in [5.41, 5.74) is 1.17. The first-order chi connectivity index (χ1) is 19.0. The molecule has 1 atom stereocenters. The lowest BCUT2D eigenvalue weighted by Crippen LogP contribution is -2.55. The second-order valence-electron chi connectivity index (χ2n) is 11.1. The molecule has 40 heavy (non-hydrogen) atoms. The smallest absolute Gasteiger partial charge is 0.236 e. The zero-order chi connectivity index (χ0) is 28.5. The lowest BCUT2D eigenvalue weighted by Gasteiger charge is -2.40. The van der Waals surface area contributed by atoms with Gasteiger partial charge in [0.25, 0.3) is 0 Å². The van der Waals surface area contributed by atoms with Crippen LogP contribution in [-0.4, -0.2) is 68.4 Å². The molecule has 0 radical (unpaired) electrons. The maximum atomic E-state index is 12.7. The molecule has 0 saturated carbocycles. The number of aromatic nitrogens is 3. The molecule has 3 aromatic heterocycles. The zero-order valence-corrected chi connectivity index (χ0v) is 22.7. The highest BCUT2D eigenvalue weighted by Crippen LogP contribution is 2.32. The third-order valence-electron chi connectivity index (χ3n) is 7.12. The molecule has 0 spiro atoms. The van der Waals surface area contributed by atoms with Crippen molar-refractivity contribution in [3.63, 3.8) is 0 Å². The predicted molar refractivity (Wildman–Crippen MR) is 149 cm³/mol. The number of piperidine rings is 1. The number of hydrogen-bond donors (Lipinski definition) is 2. The molecule has 206 valence electrons. The molecule has 5 heterocycles. The van der Waals surface area contributed by atoms with E-state index in [1.807, 2.05) is 25.1 Å². The number of nitrogens with zero attached hydrogens (tertiary/aromatic N) is 6. The van der Waals surface area contributed by atoms with E-state index in [2.05, 4.69) is 26.4 Å². The van der Waals surface area contributed by atoms with Crippen LogP contribution in [0.2, 0.25) is 0 Å². The maximum Gasteiger partial charge on any atom is 0.236 e. The van der Waals surface area contributed by atoms with Crippen LogP contribution in [0.5, 0.6) is 5.75 Å². The normalized spacial score (nSPS) is 18.5. The lowest BCUT2D eigenvalue weighted by molar-refractivity contribution is -0.130. The Morgan fingerprint density at radius 2 is 2.08 bits per heavy atom. The Labute approximate surface area is 231 Å². The first-order valence-electron chi connectivity index (χ1n) is 13.1. The van der Waals surface area contributed by atoms with Crippen molar-refractivity contribution < 1.29 is 19.4 Å². The van der Waals surface area contributed by atoms with Crippen molar-refractivity contribution in [2.75, 3.05) is 24.6 Å². The summed E-state index contributed by atoms with van der Waals surface area (Å²) in [5.74, 6) is -0.153. The van der Waals surface area contributed by atoms with Gasteiger partial charge in [0.05, 0.1) is 29.1 Å². The van der Waals surface area contributed by atoms with Crippen molar-refractivity contribution in [1.29, 1.82) is 5.26 Å². The van der Waals surface area contributed by atoms with E-state index in [-0.39, 0.29) is 18.3 Å². The number of rotatable bonds is 7. The number of ketones is 1. The van der Waals surface area contributed by atoms with Crippen molar-refractivity contribution >= 4 is 29.2 Å². The number of fused-ring (bicyclic) bond motifs is 1. The minimum Gasteiger partial charge on any atom is -0.489 e. The number of hydrogen-bond acceptors (Lipinski definition) is 9. The molecular weight excluding hydrogens is 510 g/mol. The number of nitriles is 1. The average Bonchev–Trinajstić information content (AvgIpc) is 3.35. The van der Waals surface area contributed by atoms with Crippen molar-refractivity contribution in [2.45, 2.75) is 44.8 Å². The number of aliphatic hydroxyl groups is 1.